The Labute approximate surface area is 117 Å². The molecule has 2 heterocycles. The van der Waals surface area contributed by atoms with Crippen LogP contribution in [0.15, 0.2) is 11.4 Å². The van der Waals surface area contributed by atoms with E-state index in [2.05, 4.69) is 19.2 Å². The molecule has 1 N–H and O–H groups in total. The maximum Gasteiger partial charge on any atom is 0.223 e. The van der Waals surface area contributed by atoms with Gasteiger partial charge in [0.2, 0.25) is 5.91 Å². The van der Waals surface area contributed by atoms with Crippen molar-refractivity contribution in [3.63, 3.8) is 0 Å². The molecule has 1 aliphatic heterocycles. The molecule has 1 aromatic rings. The third-order valence-electron chi connectivity index (χ3n) is 3.12. The van der Waals surface area contributed by atoms with Crippen LogP contribution in [0.2, 0.25) is 5.02 Å². The summed E-state index contributed by atoms with van der Waals surface area (Å²) in [5.41, 5.74) is 0. The van der Waals surface area contributed by atoms with Gasteiger partial charge in [-0.25, -0.2) is 0 Å². The van der Waals surface area contributed by atoms with Crippen molar-refractivity contribution in [2.24, 2.45) is 0 Å². The summed E-state index contributed by atoms with van der Waals surface area (Å²) >= 11 is 7.49. The van der Waals surface area contributed by atoms with E-state index in [1.165, 1.54) is 4.88 Å². The van der Waals surface area contributed by atoms with Crippen LogP contribution in [0.5, 0.6) is 0 Å². The van der Waals surface area contributed by atoms with Crippen molar-refractivity contribution in [3.8, 4) is 0 Å². The Kier molecular flexibility index (Phi) is 4.65. The SMILES string of the molecule is C[C@@H]1CN(C(=O)CCc2cc(Cl)cs2)C[C@H](C)N1. The van der Waals surface area contributed by atoms with Crippen LogP contribution < -0.4 is 5.32 Å². The highest BCUT2D eigenvalue weighted by Gasteiger charge is 2.24. The van der Waals surface area contributed by atoms with Crippen LogP contribution in [0.25, 0.3) is 0 Å². The molecule has 0 radical (unpaired) electrons. The quantitative estimate of drug-likeness (QED) is 0.926. The third kappa shape index (κ3) is 3.70. The fourth-order valence-corrected chi connectivity index (χ4v) is 3.48. The second-order valence-corrected chi connectivity index (χ2v) is 6.43. The monoisotopic (exact) mass is 286 g/mol. The Morgan fingerprint density at radius 2 is 2.17 bits per heavy atom. The van der Waals surface area contributed by atoms with Gasteiger partial charge in [-0.1, -0.05) is 11.6 Å². The molecular formula is C13H19ClN2OS. The Hall–Kier alpha value is -0.580. The highest BCUT2D eigenvalue weighted by molar-refractivity contribution is 7.10. The van der Waals surface area contributed by atoms with Crippen molar-refractivity contribution in [2.45, 2.75) is 38.8 Å². The summed E-state index contributed by atoms with van der Waals surface area (Å²) in [5.74, 6) is 0.250. The molecule has 2 rings (SSSR count). The molecule has 1 saturated heterocycles. The first-order valence-electron chi connectivity index (χ1n) is 6.31. The smallest absolute Gasteiger partial charge is 0.223 e. The van der Waals surface area contributed by atoms with Crippen molar-refractivity contribution >= 4 is 28.8 Å². The highest BCUT2D eigenvalue weighted by atomic mass is 35.5. The molecule has 0 aliphatic carbocycles. The van der Waals surface area contributed by atoms with Crippen LogP contribution in [0.1, 0.15) is 25.1 Å². The molecule has 1 amide bonds. The molecule has 2 atom stereocenters. The van der Waals surface area contributed by atoms with Crippen molar-refractivity contribution in [2.75, 3.05) is 13.1 Å². The van der Waals surface area contributed by atoms with Crippen molar-refractivity contribution < 1.29 is 4.79 Å². The Bertz CT molecular complexity index is 411. The molecule has 0 aromatic carbocycles. The number of nitrogens with one attached hydrogen (secondary N) is 1. The number of carbonyl (C=O) groups is 1. The van der Waals surface area contributed by atoms with Gasteiger partial charge in [0.25, 0.3) is 0 Å². The first-order valence-corrected chi connectivity index (χ1v) is 7.57. The van der Waals surface area contributed by atoms with Crippen LogP contribution in [-0.2, 0) is 11.2 Å². The Balaban J connectivity index is 1.84. The van der Waals surface area contributed by atoms with E-state index in [0.29, 0.717) is 18.5 Å². The largest absolute Gasteiger partial charge is 0.340 e. The first kappa shape index (κ1) is 13.8. The minimum absolute atomic E-state index is 0.250. The summed E-state index contributed by atoms with van der Waals surface area (Å²) in [6, 6.07) is 2.71. The molecule has 18 heavy (non-hydrogen) atoms. The average molecular weight is 287 g/mol. The summed E-state index contributed by atoms with van der Waals surface area (Å²) in [6.45, 7) is 5.87. The summed E-state index contributed by atoms with van der Waals surface area (Å²) in [7, 11) is 0. The molecule has 0 saturated carbocycles. The molecule has 1 fully saturated rings. The lowest BCUT2D eigenvalue weighted by molar-refractivity contribution is -0.132. The van der Waals surface area contributed by atoms with Gasteiger partial charge in [-0.15, -0.1) is 11.3 Å². The number of aryl methyl sites for hydroxylation is 1. The van der Waals surface area contributed by atoms with Crippen LogP contribution >= 0.6 is 22.9 Å². The second kappa shape index (κ2) is 6.04. The minimum Gasteiger partial charge on any atom is -0.340 e. The Morgan fingerprint density at radius 3 is 2.72 bits per heavy atom. The molecular weight excluding hydrogens is 268 g/mol. The van der Waals surface area contributed by atoms with E-state index in [1.807, 2.05) is 16.3 Å². The van der Waals surface area contributed by atoms with Crippen LogP contribution in [-0.4, -0.2) is 36.0 Å². The molecule has 1 aliphatic rings. The fourth-order valence-electron chi connectivity index (χ4n) is 2.40. The lowest BCUT2D eigenvalue weighted by Crippen LogP contribution is -2.55. The lowest BCUT2D eigenvalue weighted by atomic mass is 10.1. The zero-order valence-electron chi connectivity index (χ0n) is 10.8. The zero-order chi connectivity index (χ0) is 13.1. The molecule has 3 nitrogen and oxygen atoms in total. The number of piperazine rings is 1. The van der Waals surface area contributed by atoms with Gasteiger partial charge >= 0.3 is 0 Å². The fraction of sp³-hybridized carbons (Fsp3) is 0.615. The van der Waals surface area contributed by atoms with Gasteiger partial charge in [0.15, 0.2) is 0 Å². The van der Waals surface area contributed by atoms with E-state index in [9.17, 15) is 4.79 Å². The second-order valence-electron chi connectivity index (χ2n) is 5.00. The lowest BCUT2D eigenvalue weighted by Gasteiger charge is -2.36. The van der Waals surface area contributed by atoms with Crippen molar-refractivity contribution in [1.29, 1.82) is 0 Å². The van der Waals surface area contributed by atoms with Gasteiger partial charge in [-0.2, -0.15) is 0 Å². The summed E-state index contributed by atoms with van der Waals surface area (Å²) < 4.78 is 0. The van der Waals surface area contributed by atoms with Gasteiger partial charge < -0.3 is 10.2 Å². The van der Waals surface area contributed by atoms with Crippen LogP contribution in [0.4, 0.5) is 0 Å². The number of halogens is 1. The van der Waals surface area contributed by atoms with Gasteiger partial charge in [0.05, 0.1) is 5.02 Å². The molecule has 100 valence electrons. The number of nitrogens with zero attached hydrogens (tertiary/aromatic N) is 1. The predicted octanol–water partition coefficient (Wildman–Crippen LogP) is 2.54. The number of carbonyl (C=O) groups excluding carboxylic acids is 1. The van der Waals surface area contributed by atoms with Gasteiger partial charge in [-0.3, -0.25) is 4.79 Å². The normalized spacial score (nSPS) is 24.3. The van der Waals surface area contributed by atoms with Crippen molar-refractivity contribution in [1.82, 2.24) is 10.2 Å². The number of rotatable bonds is 3. The van der Waals surface area contributed by atoms with E-state index in [1.54, 1.807) is 11.3 Å². The molecule has 0 unspecified atom stereocenters. The number of hydrogen-bond acceptors (Lipinski definition) is 3. The topological polar surface area (TPSA) is 32.3 Å². The van der Waals surface area contributed by atoms with E-state index >= 15 is 0 Å². The maximum atomic E-state index is 12.1. The Morgan fingerprint density at radius 1 is 1.50 bits per heavy atom. The first-order chi connectivity index (χ1) is 8.54. The molecule has 1 aromatic heterocycles. The van der Waals surface area contributed by atoms with E-state index in [4.69, 9.17) is 11.6 Å². The standard InChI is InChI=1S/C13H19ClN2OS/c1-9-6-16(7-10(2)15-9)13(17)4-3-12-5-11(14)8-18-12/h5,8-10,15H,3-4,6-7H2,1-2H3/t9-,10+. The number of hydrogen-bond donors (Lipinski definition) is 1. The van der Waals surface area contributed by atoms with E-state index in [0.717, 1.165) is 24.5 Å². The third-order valence-corrected chi connectivity index (χ3v) is 4.46. The summed E-state index contributed by atoms with van der Waals surface area (Å²) in [4.78, 5) is 15.3. The van der Waals surface area contributed by atoms with E-state index in [-0.39, 0.29) is 5.91 Å². The molecule has 5 heteroatoms. The predicted molar refractivity (Wildman–Crippen MR) is 76.3 cm³/mol. The van der Waals surface area contributed by atoms with Gasteiger partial charge in [-0.05, 0) is 26.3 Å². The zero-order valence-corrected chi connectivity index (χ0v) is 12.4. The summed E-state index contributed by atoms with van der Waals surface area (Å²) in [6.07, 6.45) is 1.37. The van der Waals surface area contributed by atoms with Gasteiger partial charge in [0.1, 0.15) is 0 Å². The van der Waals surface area contributed by atoms with Crippen LogP contribution in [0.3, 0.4) is 0 Å². The average Bonchev–Trinajstić information content (AvgIpc) is 2.70. The van der Waals surface area contributed by atoms with Crippen molar-refractivity contribution in [3.05, 3.63) is 21.3 Å². The number of amides is 1. The maximum absolute atomic E-state index is 12.1. The molecule has 0 spiro atoms. The highest BCUT2D eigenvalue weighted by Crippen LogP contribution is 2.20. The van der Waals surface area contributed by atoms with Gasteiger partial charge in [0, 0.05) is 41.9 Å². The number of thiophene rings is 1. The van der Waals surface area contributed by atoms with E-state index < -0.39 is 0 Å². The molecule has 0 bridgehead atoms. The summed E-state index contributed by atoms with van der Waals surface area (Å²) in [5, 5.41) is 6.12. The van der Waals surface area contributed by atoms with Crippen LogP contribution in [0, 0.1) is 0 Å². The minimum atomic E-state index is 0.250.